The highest BCUT2D eigenvalue weighted by molar-refractivity contribution is 8.93. The lowest BCUT2D eigenvalue weighted by atomic mass is 9.96. The van der Waals surface area contributed by atoms with Crippen LogP contribution < -0.4 is 4.74 Å². The van der Waals surface area contributed by atoms with Crippen LogP contribution >= 0.6 is 17.0 Å². The first-order chi connectivity index (χ1) is 10.9. The van der Waals surface area contributed by atoms with Crippen LogP contribution in [-0.4, -0.2) is 30.6 Å². The van der Waals surface area contributed by atoms with Gasteiger partial charge in [0, 0.05) is 12.6 Å². The first-order valence-corrected chi connectivity index (χ1v) is 8.37. The summed E-state index contributed by atoms with van der Waals surface area (Å²) in [6.45, 7) is 3.00. The molecule has 1 heterocycles. The highest BCUT2D eigenvalue weighted by Gasteiger charge is 2.22. The molecule has 0 bridgehead atoms. The molecular weight excluding hydrogens is 350 g/mol. The van der Waals surface area contributed by atoms with Crippen molar-refractivity contribution in [3.8, 4) is 5.75 Å². The van der Waals surface area contributed by atoms with Crippen molar-refractivity contribution in [2.75, 3.05) is 19.7 Å². The molecule has 2 aromatic rings. The van der Waals surface area contributed by atoms with Crippen LogP contribution in [0.5, 0.6) is 5.75 Å². The molecule has 0 saturated carbocycles. The van der Waals surface area contributed by atoms with E-state index in [4.69, 9.17) is 4.74 Å². The largest absolute Gasteiger partial charge is 0.492 e. The SMILES string of the molecule is Br.c1ccc(CC2CCCCN2CCOc2ccccc2)cc1. The molecule has 124 valence electrons. The van der Waals surface area contributed by atoms with Crippen LogP contribution in [0.1, 0.15) is 24.8 Å². The number of hydrogen-bond donors (Lipinski definition) is 0. The fourth-order valence-corrected chi connectivity index (χ4v) is 3.27. The third-order valence-electron chi connectivity index (χ3n) is 4.45. The minimum absolute atomic E-state index is 0. The average molecular weight is 376 g/mol. The lowest BCUT2D eigenvalue weighted by Gasteiger charge is -2.35. The molecule has 0 radical (unpaired) electrons. The van der Waals surface area contributed by atoms with E-state index in [-0.39, 0.29) is 17.0 Å². The van der Waals surface area contributed by atoms with Gasteiger partial charge in [0.05, 0.1) is 0 Å². The molecule has 1 atom stereocenters. The van der Waals surface area contributed by atoms with Crippen LogP contribution in [0.3, 0.4) is 0 Å². The number of piperidine rings is 1. The molecule has 0 spiro atoms. The minimum atomic E-state index is 0. The molecule has 3 rings (SSSR count). The summed E-state index contributed by atoms with van der Waals surface area (Å²) in [6.07, 6.45) is 5.14. The molecule has 1 saturated heterocycles. The van der Waals surface area contributed by atoms with Gasteiger partial charge >= 0.3 is 0 Å². The number of para-hydroxylation sites is 1. The quantitative estimate of drug-likeness (QED) is 0.722. The van der Waals surface area contributed by atoms with E-state index < -0.39 is 0 Å². The minimum Gasteiger partial charge on any atom is -0.492 e. The van der Waals surface area contributed by atoms with Crippen molar-refractivity contribution < 1.29 is 4.74 Å². The van der Waals surface area contributed by atoms with Gasteiger partial charge < -0.3 is 4.74 Å². The van der Waals surface area contributed by atoms with E-state index in [9.17, 15) is 0 Å². The predicted molar refractivity (Wildman–Crippen MR) is 102 cm³/mol. The molecule has 3 heteroatoms. The second kappa shape index (κ2) is 9.74. The van der Waals surface area contributed by atoms with Gasteiger partial charge in [0.2, 0.25) is 0 Å². The van der Waals surface area contributed by atoms with Crippen LogP contribution in [0.2, 0.25) is 0 Å². The van der Waals surface area contributed by atoms with E-state index in [1.807, 2.05) is 30.3 Å². The standard InChI is InChI=1S/C20H25NO.BrH/c1-3-9-18(10-4-1)17-19-11-7-8-14-21(19)15-16-22-20-12-5-2-6-13-20;/h1-6,9-10,12-13,19H,7-8,11,14-17H2;1H. The Bertz CT molecular complexity index is 546. The van der Waals surface area contributed by atoms with E-state index >= 15 is 0 Å². The number of benzene rings is 2. The topological polar surface area (TPSA) is 12.5 Å². The molecule has 0 amide bonds. The average Bonchev–Trinajstić information content (AvgIpc) is 2.58. The van der Waals surface area contributed by atoms with Gasteiger partial charge in [0.1, 0.15) is 12.4 Å². The zero-order valence-corrected chi connectivity index (χ0v) is 15.3. The first-order valence-electron chi connectivity index (χ1n) is 8.37. The molecule has 2 aromatic carbocycles. The molecule has 1 aliphatic rings. The van der Waals surface area contributed by atoms with Crippen molar-refractivity contribution in [1.29, 1.82) is 0 Å². The number of nitrogens with zero attached hydrogens (tertiary/aromatic N) is 1. The van der Waals surface area contributed by atoms with Gasteiger partial charge in [0.25, 0.3) is 0 Å². The highest BCUT2D eigenvalue weighted by atomic mass is 79.9. The van der Waals surface area contributed by atoms with Gasteiger partial charge in [-0.15, -0.1) is 17.0 Å². The molecule has 1 aliphatic heterocycles. The van der Waals surface area contributed by atoms with Gasteiger partial charge in [-0.05, 0) is 43.5 Å². The molecule has 0 N–H and O–H groups in total. The summed E-state index contributed by atoms with van der Waals surface area (Å²) < 4.78 is 5.87. The summed E-state index contributed by atoms with van der Waals surface area (Å²) in [5.41, 5.74) is 1.45. The van der Waals surface area contributed by atoms with E-state index in [2.05, 4.69) is 35.2 Å². The number of halogens is 1. The fourth-order valence-electron chi connectivity index (χ4n) is 3.27. The summed E-state index contributed by atoms with van der Waals surface area (Å²) in [5.74, 6) is 0.971. The third kappa shape index (κ3) is 5.67. The first kappa shape index (κ1) is 18.0. The number of ether oxygens (including phenoxy) is 1. The van der Waals surface area contributed by atoms with Crippen LogP contribution in [-0.2, 0) is 6.42 Å². The maximum Gasteiger partial charge on any atom is 0.119 e. The van der Waals surface area contributed by atoms with Crippen molar-refractivity contribution in [2.24, 2.45) is 0 Å². The lowest BCUT2D eigenvalue weighted by molar-refractivity contribution is 0.122. The van der Waals surface area contributed by atoms with Crippen molar-refractivity contribution in [2.45, 2.75) is 31.7 Å². The van der Waals surface area contributed by atoms with Crippen molar-refractivity contribution in [1.82, 2.24) is 4.90 Å². The summed E-state index contributed by atoms with van der Waals surface area (Å²) in [5, 5.41) is 0. The summed E-state index contributed by atoms with van der Waals surface area (Å²) in [7, 11) is 0. The Morgan fingerprint density at radius 1 is 0.913 bits per heavy atom. The van der Waals surface area contributed by atoms with Gasteiger partial charge in [-0.2, -0.15) is 0 Å². The molecule has 0 aliphatic carbocycles. The van der Waals surface area contributed by atoms with Crippen molar-refractivity contribution in [3.05, 3.63) is 66.2 Å². The Kier molecular flexibility index (Phi) is 7.63. The molecule has 1 fully saturated rings. The molecule has 1 unspecified atom stereocenters. The maximum absolute atomic E-state index is 5.87. The normalized spacial score (nSPS) is 18.2. The van der Waals surface area contributed by atoms with E-state index in [1.165, 1.54) is 31.4 Å². The Labute approximate surface area is 150 Å². The van der Waals surface area contributed by atoms with Gasteiger partial charge in [-0.1, -0.05) is 55.0 Å². The Hall–Kier alpha value is -1.32. The van der Waals surface area contributed by atoms with Gasteiger partial charge in [-0.25, -0.2) is 0 Å². The summed E-state index contributed by atoms with van der Waals surface area (Å²) in [6, 6.07) is 21.6. The van der Waals surface area contributed by atoms with Crippen LogP contribution in [0.15, 0.2) is 60.7 Å². The van der Waals surface area contributed by atoms with E-state index in [0.29, 0.717) is 6.04 Å². The summed E-state index contributed by atoms with van der Waals surface area (Å²) >= 11 is 0. The fraction of sp³-hybridized carbons (Fsp3) is 0.400. The maximum atomic E-state index is 5.87. The molecular formula is C20H26BrNO. The highest BCUT2D eigenvalue weighted by Crippen LogP contribution is 2.20. The number of likely N-dealkylation sites (tertiary alicyclic amines) is 1. The van der Waals surface area contributed by atoms with Crippen molar-refractivity contribution in [3.63, 3.8) is 0 Å². The molecule has 23 heavy (non-hydrogen) atoms. The van der Waals surface area contributed by atoms with E-state index in [0.717, 1.165) is 25.3 Å². The van der Waals surface area contributed by atoms with Crippen molar-refractivity contribution >= 4 is 17.0 Å². The zero-order chi connectivity index (χ0) is 15.0. The molecule has 2 nitrogen and oxygen atoms in total. The smallest absolute Gasteiger partial charge is 0.119 e. The zero-order valence-electron chi connectivity index (χ0n) is 13.6. The Morgan fingerprint density at radius 3 is 2.35 bits per heavy atom. The third-order valence-corrected chi connectivity index (χ3v) is 4.45. The van der Waals surface area contributed by atoms with Crippen LogP contribution in [0.25, 0.3) is 0 Å². The van der Waals surface area contributed by atoms with Crippen LogP contribution in [0, 0.1) is 0 Å². The van der Waals surface area contributed by atoms with Crippen LogP contribution in [0.4, 0.5) is 0 Å². The predicted octanol–water partition coefficient (Wildman–Crippen LogP) is 4.74. The van der Waals surface area contributed by atoms with Gasteiger partial charge in [0.15, 0.2) is 0 Å². The van der Waals surface area contributed by atoms with Gasteiger partial charge in [-0.3, -0.25) is 4.90 Å². The monoisotopic (exact) mass is 375 g/mol. The van der Waals surface area contributed by atoms with E-state index in [1.54, 1.807) is 0 Å². The lowest BCUT2D eigenvalue weighted by Crippen LogP contribution is -2.43. The Balaban J connectivity index is 0.00000192. The Morgan fingerprint density at radius 2 is 1.61 bits per heavy atom. The summed E-state index contributed by atoms with van der Waals surface area (Å²) in [4.78, 5) is 2.61. The number of rotatable bonds is 6. The molecule has 0 aromatic heterocycles. The second-order valence-electron chi connectivity index (χ2n) is 6.04. The second-order valence-corrected chi connectivity index (χ2v) is 6.04. The number of hydrogen-bond acceptors (Lipinski definition) is 2.